The molecule has 0 saturated heterocycles. The van der Waals surface area contributed by atoms with Crippen molar-refractivity contribution in [3.63, 3.8) is 0 Å². The summed E-state index contributed by atoms with van der Waals surface area (Å²) in [6.45, 7) is 0. The van der Waals surface area contributed by atoms with E-state index in [2.05, 4.69) is 20.8 Å². The largest absolute Gasteiger partial charge is 0.279 e. The number of hydrogen-bond donors (Lipinski definition) is 2. The number of rotatable bonds is 7. The summed E-state index contributed by atoms with van der Waals surface area (Å²) in [5.74, 6) is 2.24. The highest BCUT2D eigenvalue weighted by Crippen LogP contribution is 2.45. The summed E-state index contributed by atoms with van der Waals surface area (Å²) in [6.07, 6.45) is 7.92. The van der Waals surface area contributed by atoms with Gasteiger partial charge in [0.1, 0.15) is 11.5 Å². The van der Waals surface area contributed by atoms with E-state index in [1.165, 1.54) is 12.1 Å². The van der Waals surface area contributed by atoms with Crippen LogP contribution in [0.3, 0.4) is 0 Å². The van der Waals surface area contributed by atoms with Crippen LogP contribution in [0, 0.1) is 18.2 Å². The number of benzene rings is 1. The van der Waals surface area contributed by atoms with Crippen LogP contribution in [0.15, 0.2) is 24.3 Å². The van der Waals surface area contributed by atoms with Crippen molar-refractivity contribution in [2.45, 2.75) is 31.6 Å². The summed E-state index contributed by atoms with van der Waals surface area (Å²) in [6, 6.07) is 5.94. The highest BCUT2D eigenvalue weighted by atomic mass is 32.2. The van der Waals surface area contributed by atoms with Crippen molar-refractivity contribution in [1.29, 1.82) is 0 Å². The van der Waals surface area contributed by atoms with Crippen LogP contribution in [0.25, 0.3) is 11.3 Å². The van der Waals surface area contributed by atoms with Crippen LogP contribution in [0.2, 0.25) is 0 Å². The summed E-state index contributed by atoms with van der Waals surface area (Å²) < 4.78 is 40.8. The Kier molecular flexibility index (Phi) is 4.58. The van der Waals surface area contributed by atoms with Crippen molar-refractivity contribution in [3.05, 3.63) is 35.8 Å². The number of unbranched alkanes of at least 4 members (excludes halogenated alkanes) is 1. The van der Waals surface area contributed by atoms with Crippen molar-refractivity contribution in [3.8, 4) is 23.6 Å². The first-order valence-corrected chi connectivity index (χ1v) is 9.43. The van der Waals surface area contributed by atoms with Crippen LogP contribution >= 0.6 is 0 Å². The molecular formula is C17H18FN3O2S. The third kappa shape index (κ3) is 3.77. The van der Waals surface area contributed by atoms with E-state index in [-0.39, 0.29) is 11.7 Å². The van der Waals surface area contributed by atoms with Crippen molar-refractivity contribution < 1.29 is 12.8 Å². The summed E-state index contributed by atoms with van der Waals surface area (Å²) in [4.78, 5) is 0. The normalized spacial score (nSPS) is 14.3. The van der Waals surface area contributed by atoms with Gasteiger partial charge in [0, 0.05) is 17.9 Å². The van der Waals surface area contributed by atoms with Crippen molar-refractivity contribution in [2.24, 2.45) is 0 Å². The lowest BCUT2D eigenvalue weighted by atomic mass is 10.1. The predicted octanol–water partition coefficient (Wildman–Crippen LogP) is 3.25. The molecule has 1 aromatic heterocycles. The molecule has 1 aliphatic carbocycles. The third-order valence-electron chi connectivity index (χ3n) is 3.87. The Morgan fingerprint density at radius 1 is 1.42 bits per heavy atom. The van der Waals surface area contributed by atoms with Gasteiger partial charge in [0.05, 0.1) is 17.1 Å². The molecule has 0 amide bonds. The number of H-pyrrole nitrogens is 1. The van der Waals surface area contributed by atoms with E-state index in [1.807, 2.05) is 0 Å². The first-order valence-electron chi connectivity index (χ1n) is 7.78. The van der Waals surface area contributed by atoms with Gasteiger partial charge in [-0.15, -0.1) is 12.3 Å². The highest BCUT2D eigenvalue weighted by molar-refractivity contribution is 7.92. The minimum atomic E-state index is -3.54. The molecule has 0 aliphatic heterocycles. The van der Waals surface area contributed by atoms with Gasteiger partial charge in [-0.2, -0.15) is 5.10 Å². The molecule has 0 unspecified atom stereocenters. The number of halogens is 1. The second-order valence-corrected chi connectivity index (χ2v) is 7.72. The smallest absolute Gasteiger partial charge is 0.232 e. The Morgan fingerprint density at radius 2 is 2.21 bits per heavy atom. The lowest BCUT2D eigenvalue weighted by Gasteiger charge is -2.10. The second kappa shape index (κ2) is 6.65. The lowest BCUT2D eigenvalue weighted by molar-refractivity contribution is 0.599. The maximum absolute atomic E-state index is 13.5. The Labute approximate surface area is 140 Å². The fourth-order valence-corrected chi connectivity index (χ4v) is 3.69. The summed E-state index contributed by atoms with van der Waals surface area (Å²) >= 11 is 0. The molecule has 1 aliphatic rings. The minimum Gasteiger partial charge on any atom is -0.279 e. The Morgan fingerprint density at radius 3 is 2.88 bits per heavy atom. The molecule has 126 valence electrons. The average molecular weight is 347 g/mol. The molecule has 2 N–H and O–H groups in total. The molecule has 1 saturated carbocycles. The molecule has 7 heteroatoms. The molecule has 3 rings (SSSR count). The predicted molar refractivity (Wildman–Crippen MR) is 91.4 cm³/mol. The van der Waals surface area contributed by atoms with Crippen LogP contribution in [0.4, 0.5) is 10.1 Å². The molecule has 1 heterocycles. The van der Waals surface area contributed by atoms with E-state index in [4.69, 9.17) is 6.42 Å². The van der Waals surface area contributed by atoms with Crippen molar-refractivity contribution >= 4 is 15.7 Å². The highest BCUT2D eigenvalue weighted by Gasteiger charge is 2.31. The maximum atomic E-state index is 13.5. The molecule has 1 fully saturated rings. The van der Waals surface area contributed by atoms with Gasteiger partial charge in [-0.3, -0.25) is 9.82 Å². The van der Waals surface area contributed by atoms with Crippen LogP contribution in [-0.2, 0) is 10.0 Å². The van der Waals surface area contributed by atoms with E-state index >= 15 is 0 Å². The van der Waals surface area contributed by atoms with E-state index in [1.54, 1.807) is 12.1 Å². The quantitative estimate of drug-likeness (QED) is 0.596. The van der Waals surface area contributed by atoms with Crippen molar-refractivity contribution in [2.75, 3.05) is 10.5 Å². The van der Waals surface area contributed by atoms with E-state index in [9.17, 15) is 12.8 Å². The number of aromatic nitrogens is 2. The molecule has 0 spiro atoms. The minimum absolute atomic E-state index is 0.0604. The zero-order valence-corrected chi connectivity index (χ0v) is 13.9. The number of anilines is 1. The third-order valence-corrected chi connectivity index (χ3v) is 5.21. The standard InChI is InChI=1S/C17H18FN3O2S/c1-2-3-4-10-24(22,23)21-17-15(12-8-9-12)19-20-16(17)13-6-5-7-14(18)11-13/h1,5-7,11-12,21H,3-4,8-10H2,(H,19,20). The molecule has 0 atom stereocenters. The zero-order chi connectivity index (χ0) is 17.2. The van der Waals surface area contributed by atoms with Crippen molar-refractivity contribution in [1.82, 2.24) is 10.2 Å². The summed E-state index contributed by atoms with van der Waals surface area (Å²) in [7, 11) is -3.54. The molecule has 5 nitrogen and oxygen atoms in total. The molecular weight excluding hydrogens is 329 g/mol. The number of terminal acetylenes is 1. The van der Waals surface area contributed by atoms with E-state index in [0.29, 0.717) is 29.8 Å². The van der Waals surface area contributed by atoms with Gasteiger partial charge in [0.25, 0.3) is 0 Å². The Hall–Kier alpha value is -2.33. The number of nitrogens with one attached hydrogen (secondary N) is 2. The first-order chi connectivity index (χ1) is 11.5. The molecule has 0 bridgehead atoms. The summed E-state index contributed by atoms with van der Waals surface area (Å²) in [5.41, 5.74) is 2.12. The van der Waals surface area contributed by atoms with E-state index in [0.717, 1.165) is 18.5 Å². The summed E-state index contributed by atoms with van der Waals surface area (Å²) in [5, 5.41) is 7.13. The second-order valence-electron chi connectivity index (χ2n) is 5.87. The number of aromatic amines is 1. The lowest BCUT2D eigenvalue weighted by Crippen LogP contribution is -2.17. The van der Waals surface area contributed by atoms with Crippen LogP contribution in [-0.4, -0.2) is 24.4 Å². The fourth-order valence-electron chi connectivity index (χ4n) is 2.54. The molecule has 2 aromatic rings. The number of hydrogen-bond acceptors (Lipinski definition) is 3. The van der Waals surface area contributed by atoms with Crippen LogP contribution < -0.4 is 4.72 Å². The van der Waals surface area contributed by atoms with Crippen LogP contribution in [0.1, 0.15) is 37.3 Å². The fraction of sp³-hybridized carbons (Fsp3) is 0.353. The van der Waals surface area contributed by atoms with Gasteiger partial charge in [-0.05, 0) is 31.4 Å². The molecule has 24 heavy (non-hydrogen) atoms. The van der Waals surface area contributed by atoms with Gasteiger partial charge in [0.2, 0.25) is 10.0 Å². The monoisotopic (exact) mass is 347 g/mol. The Bertz CT molecular complexity index is 879. The average Bonchev–Trinajstić information content (AvgIpc) is 3.29. The Balaban J connectivity index is 1.93. The topological polar surface area (TPSA) is 74.8 Å². The van der Waals surface area contributed by atoms with Gasteiger partial charge < -0.3 is 0 Å². The van der Waals surface area contributed by atoms with E-state index < -0.39 is 15.8 Å². The number of sulfonamides is 1. The molecule has 0 radical (unpaired) electrons. The van der Waals surface area contributed by atoms with Gasteiger partial charge in [0.15, 0.2) is 0 Å². The maximum Gasteiger partial charge on any atom is 0.232 e. The number of nitrogens with zero attached hydrogens (tertiary/aromatic N) is 1. The first kappa shape index (κ1) is 16.5. The van der Waals surface area contributed by atoms with Gasteiger partial charge in [-0.1, -0.05) is 12.1 Å². The zero-order valence-electron chi connectivity index (χ0n) is 13.0. The van der Waals surface area contributed by atoms with Gasteiger partial charge >= 0.3 is 0 Å². The van der Waals surface area contributed by atoms with Gasteiger partial charge in [-0.25, -0.2) is 12.8 Å². The van der Waals surface area contributed by atoms with Crippen LogP contribution in [0.5, 0.6) is 0 Å². The SMILES string of the molecule is C#CCCCS(=O)(=O)Nc1c(-c2cccc(F)c2)n[nH]c1C1CC1. The molecule has 1 aromatic carbocycles.